The van der Waals surface area contributed by atoms with Crippen LogP contribution in [0.2, 0.25) is 0 Å². The first-order valence-corrected chi connectivity index (χ1v) is 6.81. The fourth-order valence-corrected chi connectivity index (χ4v) is 2.63. The Labute approximate surface area is 118 Å². The highest BCUT2D eigenvalue weighted by atomic mass is 16.4. The normalized spacial score (nSPS) is 16.4. The first kappa shape index (κ1) is 14.3. The van der Waals surface area contributed by atoms with Crippen LogP contribution in [0.5, 0.6) is 0 Å². The molecule has 6 heteroatoms. The summed E-state index contributed by atoms with van der Waals surface area (Å²) in [6, 6.07) is 1.96. The van der Waals surface area contributed by atoms with Crippen LogP contribution < -0.4 is 5.73 Å². The van der Waals surface area contributed by atoms with Crippen LogP contribution in [0, 0.1) is 6.92 Å². The van der Waals surface area contributed by atoms with Crippen molar-refractivity contribution in [2.24, 2.45) is 10.9 Å². The van der Waals surface area contributed by atoms with Gasteiger partial charge in [0, 0.05) is 18.4 Å². The average Bonchev–Trinajstić information content (AvgIpc) is 2.97. The van der Waals surface area contributed by atoms with E-state index in [4.69, 9.17) is 10.9 Å². The van der Waals surface area contributed by atoms with Crippen molar-refractivity contribution in [3.05, 3.63) is 29.6 Å². The highest BCUT2D eigenvalue weighted by molar-refractivity contribution is 5.97. The molecule has 0 unspecified atom stereocenters. The molecule has 0 radical (unpaired) electrons. The van der Waals surface area contributed by atoms with E-state index in [-0.39, 0.29) is 24.3 Å². The van der Waals surface area contributed by atoms with E-state index in [2.05, 4.69) is 10.1 Å². The van der Waals surface area contributed by atoms with Crippen LogP contribution in [0.15, 0.2) is 23.6 Å². The van der Waals surface area contributed by atoms with E-state index < -0.39 is 0 Å². The number of amides is 1. The second kappa shape index (κ2) is 6.36. The summed E-state index contributed by atoms with van der Waals surface area (Å²) in [5, 5.41) is 11.7. The molecule has 3 N–H and O–H groups in total. The molecule has 1 aromatic rings. The lowest BCUT2D eigenvalue weighted by molar-refractivity contribution is 0.0712. The van der Waals surface area contributed by atoms with E-state index in [9.17, 15) is 4.79 Å². The molecule has 0 aliphatic heterocycles. The number of oxime groups is 1. The number of nitrogens with two attached hydrogens (primary N) is 1. The molecule has 1 aliphatic rings. The van der Waals surface area contributed by atoms with Crippen molar-refractivity contribution in [2.75, 3.05) is 6.54 Å². The number of carbonyl (C=O) groups is 1. The Hall–Kier alpha value is -2.11. The zero-order chi connectivity index (χ0) is 14.5. The molecule has 0 atom stereocenters. The van der Waals surface area contributed by atoms with Crippen LogP contribution in [0.3, 0.4) is 0 Å². The number of rotatable bonds is 4. The Morgan fingerprint density at radius 2 is 2.20 bits per heavy atom. The molecule has 0 aromatic carbocycles. The summed E-state index contributed by atoms with van der Waals surface area (Å²) in [5.74, 6) is -0.0643. The summed E-state index contributed by atoms with van der Waals surface area (Å²) >= 11 is 0. The maximum Gasteiger partial charge on any atom is 0.256 e. The Morgan fingerprint density at radius 1 is 1.50 bits per heavy atom. The van der Waals surface area contributed by atoms with Gasteiger partial charge >= 0.3 is 0 Å². The van der Waals surface area contributed by atoms with Gasteiger partial charge in [0.05, 0.1) is 12.1 Å². The van der Waals surface area contributed by atoms with Gasteiger partial charge in [0.15, 0.2) is 5.84 Å². The predicted octanol–water partition coefficient (Wildman–Crippen LogP) is 1.52. The lowest BCUT2D eigenvalue weighted by atomic mass is 10.1. The van der Waals surface area contributed by atoms with Crippen molar-refractivity contribution in [3.8, 4) is 0 Å². The highest BCUT2D eigenvalue weighted by Crippen LogP contribution is 2.24. The van der Waals surface area contributed by atoms with Crippen molar-refractivity contribution < 1.29 is 10.0 Å². The van der Waals surface area contributed by atoms with Gasteiger partial charge < -0.3 is 15.8 Å². The third-order valence-corrected chi connectivity index (χ3v) is 3.61. The van der Waals surface area contributed by atoms with Gasteiger partial charge in [-0.2, -0.15) is 0 Å². The van der Waals surface area contributed by atoms with E-state index in [0.717, 1.165) is 31.2 Å². The second-order valence-electron chi connectivity index (χ2n) is 5.21. The van der Waals surface area contributed by atoms with Crippen LogP contribution in [-0.2, 0) is 0 Å². The average molecular weight is 276 g/mol. The van der Waals surface area contributed by atoms with Gasteiger partial charge in [-0.25, -0.2) is 0 Å². The molecule has 0 bridgehead atoms. The first-order chi connectivity index (χ1) is 9.61. The molecule has 1 saturated carbocycles. The molecular weight excluding hydrogens is 256 g/mol. The van der Waals surface area contributed by atoms with E-state index in [0.29, 0.717) is 5.56 Å². The number of pyridine rings is 1. The smallest absolute Gasteiger partial charge is 0.256 e. The molecule has 2 rings (SSSR count). The Balaban J connectivity index is 2.23. The summed E-state index contributed by atoms with van der Waals surface area (Å²) in [7, 11) is 0. The molecule has 0 saturated heterocycles. The Kier molecular flexibility index (Phi) is 4.55. The summed E-state index contributed by atoms with van der Waals surface area (Å²) in [6.07, 6.45) is 7.41. The molecule has 108 valence electrons. The number of hydrogen-bond donors (Lipinski definition) is 2. The third kappa shape index (κ3) is 3.26. The fourth-order valence-electron chi connectivity index (χ4n) is 2.63. The molecule has 6 nitrogen and oxygen atoms in total. The minimum atomic E-state index is -0.111. The van der Waals surface area contributed by atoms with E-state index in [1.165, 1.54) is 0 Å². The van der Waals surface area contributed by atoms with Gasteiger partial charge in [-0.1, -0.05) is 18.0 Å². The molecular formula is C14H20N4O2. The van der Waals surface area contributed by atoms with Crippen LogP contribution in [0.4, 0.5) is 0 Å². The van der Waals surface area contributed by atoms with Crippen molar-refractivity contribution in [1.29, 1.82) is 0 Å². The summed E-state index contributed by atoms with van der Waals surface area (Å²) in [5.41, 5.74) is 7.06. The summed E-state index contributed by atoms with van der Waals surface area (Å²) < 4.78 is 0. The van der Waals surface area contributed by atoms with Crippen molar-refractivity contribution in [2.45, 2.75) is 38.6 Å². The number of nitrogens with zero attached hydrogens (tertiary/aromatic N) is 3. The van der Waals surface area contributed by atoms with Crippen LogP contribution in [0.1, 0.15) is 41.6 Å². The van der Waals surface area contributed by atoms with Crippen LogP contribution >= 0.6 is 0 Å². The molecule has 1 aromatic heterocycles. The van der Waals surface area contributed by atoms with E-state index in [1.54, 1.807) is 17.3 Å². The minimum absolute atomic E-state index is 0.0471. The largest absolute Gasteiger partial charge is 0.409 e. The zero-order valence-corrected chi connectivity index (χ0v) is 11.6. The number of hydrogen-bond acceptors (Lipinski definition) is 4. The van der Waals surface area contributed by atoms with Crippen LogP contribution in [0.25, 0.3) is 0 Å². The molecule has 1 heterocycles. The van der Waals surface area contributed by atoms with Crippen LogP contribution in [-0.4, -0.2) is 39.4 Å². The standard InChI is InChI=1S/C14H20N4O2/c1-10-6-11(8-16-7-10)14(19)18(9-13(15)17-20)12-4-2-3-5-12/h6-8,12,20H,2-5,9H2,1H3,(H2,15,17). The fraction of sp³-hybridized carbons (Fsp3) is 0.500. The van der Waals surface area contributed by atoms with Gasteiger partial charge in [-0.3, -0.25) is 9.78 Å². The van der Waals surface area contributed by atoms with Gasteiger partial charge in [0.1, 0.15) is 0 Å². The summed E-state index contributed by atoms with van der Waals surface area (Å²) in [6.45, 7) is 2.04. The summed E-state index contributed by atoms with van der Waals surface area (Å²) in [4.78, 5) is 18.4. The predicted molar refractivity (Wildman–Crippen MR) is 75.7 cm³/mol. The highest BCUT2D eigenvalue weighted by Gasteiger charge is 2.28. The van der Waals surface area contributed by atoms with Gasteiger partial charge in [-0.05, 0) is 31.4 Å². The van der Waals surface area contributed by atoms with Gasteiger partial charge in [0.2, 0.25) is 0 Å². The lowest BCUT2D eigenvalue weighted by Gasteiger charge is -2.28. The van der Waals surface area contributed by atoms with Crippen molar-refractivity contribution in [3.63, 3.8) is 0 Å². The molecule has 1 amide bonds. The molecule has 1 fully saturated rings. The Bertz CT molecular complexity index is 510. The molecule has 20 heavy (non-hydrogen) atoms. The number of amidine groups is 1. The number of aromatic nitrogens is 1. The second-order valence-corrected chi connectivity index (χ2v) is 5.21. The minimum Gasteiger partial charge on any atom is -0.409 e. The maximum absolute atomic E-state index is 12.6. The topological polar surface area (TPSA) is 91.8 Å². The molecule has 1 aliphatic carbocycles. The van der Waals surface area contributed by atoms with Gasteiger partial charge in [0.25, 0.3) is 5.91 Å². The molecule has 0 spiro atoms. The van der Waals surface area contributed by atoms with Crippen molar-refractivity contribution >= 4 is 11.7 Å². The zero-order valence-electron chi connectivity index (χ0n) is 11.6. The maximum atomic E-state index is 12.6. The lowest BCUT2D eigenvalue weighted by Crippen LogP contribution is -2.44. The quantitative estimate of drug-likeness (QED) is 0.377. The van der Waals surface area contributed by atoms with E-state index in [1.807, 2.05) is 13.0 Å². The van der Waals surface area contributed by atoms with Gasteiger partial charge in [-0.15, -0.1) is 0 Å². The van der Waals surface area contributed by atoms with E-state index >= 15 is 0 Å². The Morgan fingerprint density at radius 3 is 2.80 bits per heavy atom. The van der Waals surface area contributed by atoms with Crippen molar-refractivity contribution in [1.82, 2.24) is 9.88 Å². The number of carbonyl (C=O) groups excluding carboxylic acids is 1. The number of aryl methyl sites for hydroxylation is 1. The monoisotopic (exact) mass is 276 g/mol. The SMILES string of the molecule is Cc1cncc(C(=O)N(CC(N)=NO)C2CCCC2)c1. The third-order valence-electron chi connectivity index (χ3n) is 3.61. The first-order valence-electron chi connectivity index (χ1n) is 6.81.